The lowest BCUT2D eigenvalue weighted by Crippen LogP contribution is -2.29. The van der Waals surface area contributed by atoms with Crippen molar-refractivity contribution in [1.29, 1.82) is 0 Å². The van der Waals surface area contributed by atoms with Gasteiger partial charge in [-0.1, -0.05) is 24.2 Å². The second-order valence-corrected chi connectivity index (χ2v) is 7.50. The summed E-state index contributed by atoms with van der Waals surface area (Å²) in [4.78, 5) is 1.02. The first-order valence-electron chi connectivity index (χ1n) is 6.98. The first-order valence-corrected chi connectivity index (χ1v) is 9.69. The molecule has 5 nitrogen and oxygen atoms in total. The molecular formula is C15H20N2O3S2. The number of hydrogen-bond acceptors (Lipinski definition) is 5. The SMILES string of the molecule is CC[C@@H](NS(=O)(=O)c1ccccc1SC)c1c(C)noc1C. The highest BCUT2D eigenvalue weighted by Crippen LogP contribution is 2.29. The molecule has 1 aromatic heterocycles. The lowest BCUT2D eigenvalue weighted by molar-refractivity contribution is 0.390. The molecule has 0 fully saturated rings. The number of hydrogen-bond donors (Lipinski definition) is 1. The molecule has 0 saturated carbocycles. The minimum Gasteiger partial charge on any atom is -0.361 e. The zero-order valence-electron chi connectivity index (χ0n) is 13.1. The Morgan fingerprint density at radius 2 is 2.00 bits per heavy atom. The summed E-state index contributed by atoms with van der Waals surface area (Å²) in [7, 11) is -3.61. The van der Waals surface area contributed by atoms with E-state index < -0.39 is 10.0 Å². The number of benzene rings is 1. The molecule has 0 spiro atoms. The maximum absolute atomic E-state index is 12.7. The molecule has 1 N–H and O–H groups in total. The predicted molar refractivity (Wildman–Crippen MR) is 87.6 cm³/mol. The van der Waals surface area contributed by atoms with Crippen molar-refractivity contribution in [3.8, 4) is 0 Å². The summed E-state index contributed by atoms with van der Waals surface area (Å²) in [6.07, 6.45) is 2.48. The van der Waals surface area contributed by atoms with E-state index in [-0.39, 0.29) is 6.04 Å². The van der Waals surface area contributed by atoms with Crippen LogP contribution in [0.1, 0.15) is 36.4 Å². The van der Waals surface area contributed by atoms with Crippen molar-refractivity contribution in [1.82, 2.24) is 9.88 Å². The fourth-order valence-electron chi connectivity index (χ4n) is 2.43. The average Bonchev–Trinajstić information content (AvgIpc) is 2.84. The van der Waals surface area contributed by atoms with Gasteiger partial charge in [0, 0.05) is 10.5 Å². The van der Waals surface area contributed by atoms with Crippen molar-refractivity contribution >= 4 is 21.8 Å². The zero-order valence-corrected chi connectivity index (χ0v) is 14.7. The quantitative estimate of drug-likeness (QED) is 0.816. The first-order chi connectivity index (χ1) is 10.4. The summed E-state index contributed by atoms with van der Waals surface area (Å²) in [5.74, 6) is 0.644. The van der Waals surface area contributed by atoms with Crippen molar-refractivity contribution in [3.63, 3.8) is 0 Å². The van der Waals surface area contributed by atoms with Crippen molar-refractivity contribution in [2.75, 3.05) is 6.26 Å². The van der Waals surface area contributed by atoms with Gasteiger partial charge in [0.15, 0.2) is 0 Å². The van der Waals surface area contributed by atoms with Gasteiger partial charge in [0.1, 0.15) is 5.76 Å². The summed E-state index contributed by atoms with van der Waals surface area (Å²) in [6, 6.07) is 6.62. The average molecular weight is 340 g/mol. The summed E-state index contributed by atoms with van der Waals surface area (Å²) in [5.41, 5.74) is 1.53. The van der Waals surface area contributed by atoms with Crippen LogP contribution < -0.4 is 4.72 Å². The standard InChI is InChI=1S/C15H20N2O3S2/c1-5-12(15-10(2)16-20-11(15)3)17-22(18,19)14-9-7-6-8-13(14)21-4/h6-9,12,17H,5H2,1-4H3/t12-/m1/s1. The van der Waals surface area contributed by atoms with Gasteiger partial charge in [-0.05, 0) is 38.7 Å². The van der Waals surface area contributed by atoms with Crippen LogP contribution in [0.4, 0.5) is 0 Å². The monoisotopic (exact) mass is 340 g/mol. The number of nitrogens with one attached hydrogen (secondary N) is 1. The third-order valence-electron chi connectivity index (χ3n) is 3.50. The van der Waals surface area contributed by atoms with Crippen LogP contribution in [-0.4, -0.2) is 19.8 Å². The molecule has 1 aromatic carbocycles. The van der Waals surface area contributed by atoms with Gasteiger partial charge in [-0.15, -0.1) is 11.8 Å². The van der Waals surface area contributed by atoms with E-state index in [1.807, 2.05) is 26.2 Å². The van der Waals surface area contributed by atoms with Crippen LogP contribution in [0.15, 0.2) is 38.6 Å². The molecule has 0 amide bonds. The van der Waals surface area contributed by atoms with Gasteiger partial charge < -0.3 is 4.52 Å². The number of rotatable bonds is 6. The molecule has 22 heavy (non-hydrogen) atoms. The molecule has 2 rings (SSSR count). The van der Waals surface area contributed by atoms with Crippen LogP contribution in [-0.2, 0) is 10.0 Å². The Labute approximate surface area is 135 Å². The number of thioether (sulfide) groups is 1. The summed E-state index contributed by atoms with van der Waals surface area (Å²) in [5, 5.41) is 3.91. The Morgan fingerprint density at radius 3 is 2.55 bits per heavy atom. The lowest BCUT2D eigenvalue weighted by atomic mass is 10.0. The van der Waals surface area contributed by atoms with Gasteiger partial charge in [0.25, 0.3) is 0 Å². The number of sulfonamides is 1. The first kappa shape index (κ1) is 17.1. The summed E-state index contributed by atoms with van der Waals surface area (Å²) < 4.78 is 33.4. The minimum atomic E-state index is -3.61. The van der Waals surface area contributed by atoms with Gasteiger partial charge in [-0.2, -0.15) is 0 Å². The summed E-state index contributed by atoms with van der Waals surface area (Å²) >= 11 is 1.41. The number of nitrogens with zero attached hydrogens (tertiary/aromatic N) is 1. The minimum absolute atomic E-state index is 0.299. The second-order valence-electron chi connectivity index (χ2n) is 4.97. The van der Waals surface area contributed by atoms with Crippen molar-refractivity contribution < 1.29 is 12.9 Å². The van der Waals surface area contributed by atoms with E-state index in [4.69, 9.17) is 4.52 Å². The Balaban J connectivity index is 2.38. The summed E-state index contributed by atoms with van der Waals surface area (Å²) in [6.45, 7) is 5.54. The highest BCUT2D eigenvalue weighted by atomic mass is 32.2. The fraction of sp³-hybridized carbons (Fsp3) is 0.400. The Kier molecular flexibility index (Phi) is 5.31. The zero-order chi connectivity index (χ0) is 16.3. The van der Waals surface area contributed by atoms with Crippen LogP contribution in [0, 0.1) is 13.8 Å². The maximum atomic E-state index is 12.7. The van der Waals surface area contributed by atoms with E-state index in [9.17, 15) is 8.42 Å². The predicted octanol–water partition coefficient (Wildman–Crippen LogP) is 3.44. The molecule has 1 heterocycles. The van der Waals surface area contributed by atoms with Crippen LogP contribution >= 0.6 is 11.8 Å². The molecule has 0 aliphatic heterocycles. The molecule has 0 saturated heterocycles. The van der Waals surface area contributed by atoms with Crippen LogP contribution in [0.25, 0.3) is 0 Å². The van der Waals surface area contributed by atoms with Gasteiger partial charge in [-0.25, -0.2) is 13.1 Å². The van der Waals surface area contributed by atoms with Gasteiger partial charge in [0.2, 0.25) is 10.0 Å². The largest absolute Gasteiger partial charge is 0.361 e. The van der Waals surface area contributed by atoms with E-state index in [0.717, 1.165) is 10.5 Å². The molecule has 120 valence electrons. The van der Waals surface area contributed by atoms with Crippen LogP contribution in [0.5, 0.6) is 0 Å². The third-order valence-corrected chi connectivity index (χ3v) is 5.96. The van der Waals surface area contributed by atoms with Gasteiger partial charge in [0.05, 0.1) is 16.6 Å². The topological polar surface area (TPSA) is 72.2 Å². The Morgan fingerprint density at radius 1 is 1.32 bits per heavy atom. The number of aryl methyl sites for hydroxylation is 2. The van der Waals surface area contributed by atoms with Crippen molar-refractivity contribution in [2.45, 2.75) is 43.0 Å². The molecule has 1 atom stereocenters. The van der Waals surface area contributed by atoms with E-state index >= 15 is 0 Å². The fourth-order valence-corrected chi connectivity index (χ4v) is 4.87. The molecular weight excluding hydrogens is 320 g/mol. The lowest BCUT2D eigenvalue weighted by Gasteiger charge is -2.18. The molecule has 0 aliphatic carbocycles. The van der Waals surface area contributed by atoms with E-state index in [2.05, 4.69) is 9.88 Å². The Bertz CT molecular complexity index is 734. The second kappa shape index (κ2) is 6.85. The van der Waals surface area contributed by atoms with Crippen LogP contribution in [0.2, 0.25) is 0 Å². The highest BCUT2D eigenvalue weighted by Gasteiger charge is 2.26. The molecule has 2 aromatic rings. The highest BCUT2D eigenvalue weighted by molar-refractivity contribution is 7.99. The van der Waals surface area contributed by atoms with Crippen molar-refractivity contribution in [2.24, 2.45) is 0 Å². The van der Waals surface area contributed by atoms with E-state index in [1.165, 1.54) is 11.8 Å². The molecule has 0 bridgehead atoms. The van der Waals surface area contributed by atoms with E-state index in [1.54, 1.807) is 25.1 Å². The molecule has 0 aliphatic rings. The molecule has 0 radical (unpaired) electrons. The number of aromatic nitrogens is 1. The smallest absolute Gasteiger partial charge is 0.242 e. The van der Waals surface area contributed by atoms with Crippen molar-refractivity contribution in [3.05, 3.63) is 41.3 Å². The van der Waals surface area contributed by atoms with E-state index in [0.29, 0.717) is 22.8 Å². The Hall–Kier alpha value is -1.31. The molecule has 7 heteroatoms. The van der Waals surface area contributed by atoms with Gasteiger partial charge in [-0.3, -0.25) is 0 Å². The third kappa shape index (κ3) is 3.37. The normalized spacial score (nSPS) is 13.3. The van der Waals surface area contributed by atoms with Gasteiger partial charge >= 0.3 is 0 Å². The van der Waals surface area contributed by atoms with Crippen LogP contribution in [0.3, 0.4) is 0 Å². The molecule has 0 unspecified atom stereocenters. The maximum Gasteiger partial charge on any atom is 0.242 e.